The summed E-state index contributed by atoms with van der Waals surface area (Å²) in [5.41, 5.74) is 2.45. The first-order valence-corrected chi connectivity index (χ1v) is 11.0. The molecule has 0 aliphatic rings. The molecule has 0 saturated carbocycles. The van der Waals surface area contributed by atoms with Gasteiger partial charge in [-0.25, -0.2) is 9.78 Å². The van der Waals surface area contributed by atoms with Crippen LogP contribution in [0.1, 0.15) is 16.6 Å². The molecule has 146 valence electrons. The molecule has 0 N–H and O–H groups in total. The van der Waals surface area contributed by atoms with Crippen molar-refractivity contribution in [3.63, 3.8) is 0 Å². The van der Waals surface area contributed by atoms with Gasteiger partial charge >= 0.3 is 11.9 Å². The predicted octanol–water partition coefficient (Wildman–Crippen LogP) is 4.98. The predicted molar refractivity (Wildman–Crippen MR) is 112 cm³/mol. The van der Waals surface area contributed by atoms with E-state index < -0.39 is 5.97 Å². The van der Waals surface area contributed by atoms with Crippen molar-refractivity contribution in [2.75, 3.05) is 20.5 Å². The lowest BCUT2D eigenvalue weighted by Gasteiger charge is -2.09. The minimum absolute atomic E-state index is 0.343. The first-order valence-electron chi connectivity index (χ1n) is 8.05. The van der Waals surface area contributed by atoms with Gasteiger partial charge in [-0.2, -0.15) is 0 Å². The monoisotopic (exact) mass is 435 g/mol. The third kappa shape index (κ3) is 4.21. The average molecular weight is 436 g/mol. The molecule has 0 radical (unpaired) electrons. The number of thioether (sulfide) groups is 1. The number of methoxy groups -OCH3 is 2. The van der Waals surface area contributed by atoms with Gasteiger partial charge < -0.3 is 14.2 Å². The van der Waals surface area contributed by atoms with Crippen molar-refractivity contribution in [1.29, 1.82) is 0 Å². The lowest BCUT2D eigenvalue weighted by Crippen LogP contribution is -2.03. The topological polar surface area (TPSA) is 74.7 Å². The maximum atomic E-state index is 11.8. The molecule has 0 bridgehead atoms. The molecule has 0 atom stereocenters. The summed E-state index contributed by atoms with van der Waals surface area (Å²) in [6.07, 6.45) is 1.96. The number of ether oxygens (including phenoxy) is 3. The second-order valence-electron chi connectivity index (χ2n) is 5.50. The lowest BCUT2D eigenvalue weighted by atomic mass is 10.1. The van der Waals surface area contributed by atoms with Gasteiger partial charge in [0.25, 0.3) is 0 Å². The summed E-state index contributed by atoms with van der Waals surface area (Å²) in [5.74, 6) is 0.0344. The zero-order valence-corrected chi connectivity index (χ0v) is 18.0. The van der Waals surface area contributed by atoms with Gasteiger partial charge in [-0.15, -0.1) is 34.4 Å². The number of thiazole rings is 1. The Morgan fingerprint density at radius 2 is 1.93 bits per heavy atom. The van der Waals surface area contributed by atoms with E-state index in [1.54, 1.807) is 23.9 Å². The molecule has 0 spiro atoms. The van der Waals surface area contributed by atoms with E-state index in [2.05, 4.69) is 0 Å². The van der Waals surface area contributed by atoms with Gasteiger partial charge in [0, 0.05) is 23.4 Å². The summed E-state index contributed by atoms with van der Waals surface area (Å²) >= 11 is 4.43. The van der Waals surface area contributed by atoms with E-state index in [0.29, 0.717) is 16.4 Å². The van der Waals surface area contributed by atoms with Gasteiger partial charge in [0.2, 0.25) is 0 Å². The van der Waals surface area contributed by atoms with Crippen molar-refractivity contribution in [2.24, 2.45) is 0 Å². The van der Waals surface area contributed by atoms with Gasteiger partial charge in [-0.3, -0.25) is 4.79 Å². The summed E-state index contributed by atoms with van der Waals surface area (Å²) < 4.78 is 16.3. The van der Waals surface area contributed by atoms with Crippen LogP contribution in [0.4, 0.5) is 0 Å². The third-order valence-electron chi connectivity index (χ3n) is 3.72. The fraction of sp³-hybridized carbons (Fsp3) is 0.211. The molecular formula is C19H17NO5S3. The highest BCUT2D eigenvalue weighted by Crippen LogP contribution is 2.41. The molecule has 0 aliphatic heterocycles. The molecule has 28 heavy (non-hydrogen) atoms. The molecule has 0 saturated heterocycles. The van der Waals surface area contributed by atoms with E-state index in [9.17, 15) is 9.59 Å². The highest BCUT2D eigenvalue weighted by molar-refractivity contribution is 8.00. The quantitative estimate of drug-likeness (QED) is 0.307. The summed E-state index contributed by atoms with van der Waals surface area (Å²) in [6, 6.07) is 7.12. The number of hydrogen-bond acceptors (Lipinski definition) is 9. The van der Waals surface area contributed by atoms with Crippen LogP contribution in [0.5, 0.6) is 11.5 Å². The largest absolute Gasteiger partial charge is 0.493 e. The number of hydrogen-bond donors (Lipinski definition) is 0. The fourth-order valence-electron chi connectivity index (χ4n) is 2.48. The van der Waals surface area contributed by atoms with Crippen LogP contribution in [0.15, 0.2) is 33.9 Å². The first-order chi connectivity index (χ1) is 13.5. The Balaban J connectivity index is 1.98. The molecule has 0 unspecified atom stereocenters. The van der Waals surface area contributed by atoms with E-state index >= 15 is 0 Å². The maximum Gasteiger partial charge on any atom is 0.348 e. The molecular weight excluding hydrogens is 418 g/mol. The summed E-state index contributed by atoms with van der Waals surface area (Å²) in [5, 5.41) is 2.73. The van der Waals surface area contributed by atoms with Crippen molar-refractivity contribution in [3.8, 4) is 33.3 Å². The van der Waals surface area contributed by atoms with Crippen LogP contribution in [-0.4, -0.2) is 37.4 Å². The van der Waals surface area contributed by atoms with E-state index in [1.807, 2.05) is 23.8 Å². The number of benzene rings is 1. The molecule has 0 fully saturated rings. The third-order valence-corrected chi connectivity index (χ3v) is 6.84. The van der Waals surface area contributed by atoms with Crippen LogP contribution in [0.25, 0.3) is 21.8 Å². The van der Waals surface area contributed by atoms with Crippen molar-refractivity contribution in [1.82, 2.24) is 4.98 Å². The van der Waals surface area contributed by atoms with Crippen molar-refractivity contribution >= 4 is 46.4 Å². The highest BCUT2D eigenvalue weighted by atomic mass is 32.2. The standard InChI is InChI=1S/C19H17NO5S3/c1-10(21)25-15-7-11(5-6-14(15)23-2)13-9-27-17(20-13)12-8-16(18(22)24-3)28-19(12)26-4/h5-9H,1-4H3. The van der Waals surface area contributed by atoms with Gasteiger partial charge in [0.1, 0.15) is 9.88 Å². The summed E-state index contributed by atoms with van der Waals surface area (Å²) in [7, 11) is 2.88. The number of carbonyl (C=O) groups excluding carboxylic acids is 2. The van der Waals surface area contributed by atoms with Crippen LogP contribution in [0.3, 0.4) is 0 Å². The zero-order valence-electron chi connectivity index (χ0n) is 15.6. The zero-order chi connectivity index (χ0) is 20.3. The van der Waals surface area contributed by atoms with Crippen molar-refractivity contribution < 1.29 is 23.8 Å². The number of rotatable bonds is 6. The van der Waals surface area contributed by atoms with E-state index in [-0.39, 0.29) is 5.97 Å². The van der Waals surface area contributed by atoms with Crippen molar-refractivity contribution in [3.05, 3.63) is 34.5 Å². The summed E-state index contributed by atoms with van der Waals surface area (Å²) in [6.45, 7) is 1.34. The highest BCUT2D eigenvalue weighted by Gasteiger charge is 2.19. The maximum absolute atomic E-state index is 11.8. The Bertz CT molecular complexity index is 1020. The SMILES string of the molecule is COC(=O)c1cc(-c2nc(-c3ccc(OC)c(OC(C)=O)c3)cs2)c(SC)s1. The molecule has 6 nitrogen and oxygen atoms in total. The minimum atomic E-state index is -0.423. The molecule has 2 heterocycles. The van der Waals surface area contributed by atoms with E-state index in [4.69, 9.17) is 19.2 Å². The van der Waals surface area contributed by atoms with Gasteiger partial charge in [-0.1, -0.05) is 0 Å². The Kier molecular flexibility index (Phi) is 6.38. The normalized spacial score (nSPS) is 10.6. The Labute approximate surface area is 174 Å². The van der Waals surface area contributed by atoms with E-state index in [0.717, 1.165) is 26.0 Å². The molecule has 2 aromatic heterocycles. The van der Waals surface area contributed by atoms with Crippen LogP contribution in [-0.2, 0) is 9.53 Å². The lowest BCUT2D eigenvalue weighted by molar-refractivity contribution is -0.132. The second kappa shape index (κ2) is 8.76. The Morgan fingerprint density at radius 3 is 2.57 bits per heavy atom. The second-order valence-corrected chi connectivity index (χ2v) is 8.49. The molecule has 3 rings (SSSR count). The van der Waals surface area contributed by atoms with Gasteiger partial charge in [0.15, 0.2) is 11.5 Å². The first kappa shape index (κ1) is 20.4. The number of aromatic nitrogens is 1. The molecule has 0 aliphatic carbocycles. The van der Waals surface area contributed by atoms with Gasteiger partial charge in [0.05, 0.1) is 24.1 Å². The van der Waals surface area contributed by atoms with Gasteiger partial charge in [-0.05, 0) is 30.5 Å². The van der Waals surface area contributed by atoms with E-state index in [1.165, 1.54) is 43.8 Å². The molecule has 3 aromatic rings. The molecule has 9 heteroatoms. The number of nitrogens with zero attached hydrogens (tertiary/aromatic N) is 1. The number of carbonyl (C=O) groups is 2. The fourth-order valence-corrected chi connectivity index (χ4v) is 5.24. The van der Waals surface area contributed by atoms with Crippen LogP contribution < -0.4 is 9.47 Å². The smallest absolute Gasteiger partial charge is 0.348 e. The molecule has 0 amide bonds. The van der Waals surface area contributed by atoms with Crippen LogP contribution in [0.2, 0.25) is 0 Å². The Morgan fingerprint density at radius 1 is 1.14 bits per heavy atom. The Hall–Kier alpha value is -2.36. The average Bonchev–Trinajstić information content (AvgIpc) is 3.33. The van der Waals surface area contributed by atoms with Crippen LogP contribution in [0, 0.1) is 0 Å². The minimum Gasteiger partial charge on any atom is -0.493 e. The van der Waals surface area contributed by atoms with Crippen LogP contribution >= 0.6 is 34.4 Å². The summed E-state index contributed by atoms with van der Waals surface area (Å²) in [4.78, 5) is 28.4. The van der Waals surface area contributed by atoms with Crippen molar-refractivity contribution in [2.45, 2.75) is 11.1 Å². The number of esters is 2. The molecule has 1 aromatic carbocycles. The number of thiophene rings is 1.